The Balaban J connectivity index is 2.95. The molecule has 0 atom stereocenters. The van der Waals surface area contributed by atoms with Crippen molar-refractivity contribution in [3.05, 3.63) is 0 Å². The maximum atomic E-state index is 10.7. The van der Waals surface area contributed by atoms with E-state index < -0.39 is 0 Å². The summed E-state index contributed by atoms with van der Waals surface area (Å²) >= 11 is 3.59. The Hall–Kier alpha value is -0.260. The lowest BCUT2D eigenvalue weighted by molar-refractivity contribution is -0.120. The van der Waals surface area contributed by atoms with Crippen molar-refractivity contribution < 1.29 is 8.98 Å². The van der Waals surface area contributed by atoms with Crippen molar-refractivity contribution in [3.63, 3.8) is 0 Å². The minimum Gasteiger partial charge on any atom is -0.359 e. The zero-order chi connectivity index (χ0) is 9.23. The van der Waals surface area contributed by atoms with Crippen LogP contribution in [0.25, 0.3) is 0 Å². The van der Waals surface area contributed by atoms with Crippen LogP contribution < -0.4 is 10.6 Å². The highest BCUT2D eigenvalue weighted by Crippen LogP contribution is 1.85. The lowest BCUT2D eigenvalue weighted by atomic mass is 10.3. The molecule has 0 bridgehead atoms. The van der Waals surface area contributed by atoms with Crippen molar-refractivity contribution in [3.8, 4) is 0 Å². The summed E-state index contributed by atoms with van der Waals surface area (Å²) < 4.78 is 4.54. The highest BCUT2D eigenvalue weighted by Gasteiger charge is 1.95. The van der Waals surface area contributed by atoms with Crippen molar-refractivity contribution in [2.45, 2.75) is 12.8 Å². The Morgan fingerprint density at radius 1 is 1.50 bits per heavy atom. The highest BCUT2D eigenvalue weighted by molar-refractivity contribution is 7.75. The van der Waals surface area contributed by atoms with E-state index >= 15 is 0 Å². The van der Waals surface area contributed by atoms with Crippen molar-refractivity contribution in [1.29, 1.82) is 0 Å². The fourth-order valence-corrected chi connectivity index (χ4v) is 0.833. The van der Waals surface area contributed by atoms with Crippen LogP contribution in [0.4, 0.5) is 0 Å². The zero-order valence-corrected chi connectivity index (χ0v) is 8.19. The van der Waals surface area contributed by atoms with Crippen LogP contribution in [-0.2, 0) is 8.98 Å². The quantitative estimate of drug-likeness (QED) is 0.301. The van der Waals surface area contributed by atoms with Crippen LogP contribution >= 0.6 is 12.9 Å². The molecule has 2 N–H and O–H groups in total. The van der Waals surface area contributed by atoms with Gasteiger partial charge < -0.3 is 14.8 Å². The number of hydrogen-bond acceptors (Lipinski definition) is 4. The van der Waals surface area contributed by atoms with Gasteiger partial charge in [0.1, 0.15) is 0 Å². The lowest BCUT2D eigenvalue weighted by Gasteiger charge is -2.02. The number of carbonyl (C=O) groups is 1. The van der Waals surface area contributed by atoms with Crippen LogP contribution in [0.5, 0.6) is 0 Å². The molecule has 0 fully saturated rings. The second-order valence-corrected chi connectivity index (χ2v) is 2.62. The van der Waals surface area contributed by atoms with Crippen LogP contribution in [-0.4, -0.2) is 32.7 Å². The van der Waals surface area contributed by atoms with Gasteiger partial charge in [0.2, 0.25) is 5.91 Å². The molecular weight excluding hydrogens is 176 g/mol. The maximum Gasteiger partial charge on any atom is 0.219 e. The van der Waals surface area contributed by atoms with Crippen LogP contribution in [0, 0.1) is 0 Å². The normalized spacial score (nSPS) is 9.83. The average Bonchev–Trinajstić information content (AvgIpc) is 2.10. The first kappa shape index (κ1) is 11.7. The van der Waals surface area contributed by atoms with Crippen LogP contribution in [0.2, 0.25) is 0 Å². The van der Waals surface area contributed by atoms with E-state index in [1.165, 1.54) is 0 Å². The fourth-order valence-electron chi connectivity index (χ4n) is 0.742. The number of hydrogen-bond donors (Lipinski definition) is 3. The molecule has 0 heterocycles. The standard InChI is InChI=1S/C7H16N2O2S/c1-8-7(10)3-2-4-9-5-6-11-12/h9,12H,2-6H2,1H3,(H,8,10). The van der Waals surface area contributed by atoms with E-state index in [1.54, 1.807) is 7.05 Å². The third-order valence-corrected chi connectivity index (χ3v) is 1.59. The third-order valence-electron chi connectivity index (χ3n) is 1.41. The minimum atomic E-state index is 0.0854. The van der Waals surface area contributed by atoms with Gasteiger partial charge in [0.05, 0.1) is 6.61 Å². The largest absolute Gasteiger partial charge is 0.359 e. The summed E-state index contributed by atoms with van der Waals surface area (Å²) in [4.78, 5) is 10.7. The molecule has 0 radical (unpaired) electrons. The number of rotatable bonds is 7. The Labute approximate surface area is 78.7 Å². The monoisotopic (exact) mass is 192 g/mol. The van der Waals surface area contributed by atoms with Gasteiger partial charge in [-0.1, -0.05) is 0 Å². The van der Waals surface area contributed by atoms with Crippen molar-refractivity contribution in [2.24, 2.45) is 0 Å². The van der Waals surface area contributed by atoms with E-state index in [0.29, 0.717) is 13.0 Å². The van der Waals surface area contributed by atoms with Crippen molar-refractivity contribution in [1.82, 2.24) is 10.6 Å². The Bertz CT molecular complexity index is 122. The molecule has 12 heavy (non-hydrogen) atoms. The van der Waals surface area contributed by atoms with E-state index in [2.05, 4.69) is 27.7 Å². The number of carbonyl (C=O) groups excluding carboxylic acids is 1. The Morgan fingerprint density at radius 2 is 2.25 bits per heavy atom. The maximum absolute atomic E-state index is 10.7. The second-order valence-electron chi connectivity index (χ2n) is 2.36. The van der Waals surface area contributed by atoms with E-state index in [-0.39, 0.29) is 5.91 Å². The topological polar surface area (TPSA) is 50.4 Å². The minimum absolute atomic E-state index is 0.0854. The van der Waals surface area contributed by atoms with Gasteiger partial charge >= 0.3 is 0 Å². The third kappa shape index (κ3) is 7.84. The smallest absolute Gasteiger partial charge is 0.219 e. The van der Waals surface area contributed by atoms with E-state index in [4.69, 9.17) is 0 Å². The molecule has 0 aliphatic rings. The van der Waals surface area contributed by atoms with Gasteiger partial charge in [0, 0.05) is 20.0 Å². The van der Waals surface area contributed by atoms with E-state index in [0.717, 1.165) is 19.5 Å². The number of thiol groups is 1. The molecule has 4 nitrogen and oxygen atoms in total. The first-order chi connectivity index (χ1) is 5.81. The van der Waals surface area contributed by atoms with Gasteiger partial charge in [0.25, 0.3) is 0 Å². The number of nitrogens with one attached hydrogen (secondary N) is 2. The molecule has 1 amide bonds. The molecule has 0 aromatic carbocycles. The average molecular weight is 192 g/mol. The van der Waals surface area contributed by atoms with Crippen LogP contribution in [0.3, 0.4) is 0 Å². The van der Waals surface area contributed by atoms with Crippen molar-refractivity contribution >= 4 is 18.8 Å². The van der Waals surface area contributed by atoms with Crippen LogP contribution in [0.1, 0.15) is 12.8 Å². The van der Waals surface area contributed by atoms with Gasteiger partial charge in [-0.2, -0.15) is 0 Å². The summed E-state index contributed by atoms with van der Waals surface area (Å²) in [7, 11) is 1.64. The predicted molar refractivity (Wildman–Crippen MR) is 51.1 cm³/mol. The molecule has 0 aliphatic heterocycles. The summed E-state index contributed by atoms with van der Waals surface area (Å²) in [6.45, 7) is 2.20. The molecule has 5 heteroatoms. The summed E-state index contributed by atoms with van der Waals surface area (Å²) in [6.07, 6.45) is 1.43. The molecular formula is C7H16N2O2S. The molecule has 0 saturated carbocycles. The molecule has 0 spiro atoms. The summed E-state index contributed by atoms with van der Waals surface area (Å²) in [6, 6.07) is 0. The molecule has 0 aromatic heterocycles. The second kappa shape index (κ2) is 8.83. The summed E-state index contributed by atoms with van der Waals surface area (Å²) in [5, 5.41) is 5.68. The van der Waals surface area contributed by atoms with Crippen molar-refractivity contribution in [2.75, 3.05) is 26.7 Å². The van der Waals surface area contributed by atoms with Crippen LogP contribution in [0.15, 0.2) is 0 Å². The highest BCUT2D eigenvalue weighted by atomic mass is 32.1. The summed E-state index contributed by atoms with van der Waals surface area (Å²) in [5.41, 5.74) is 0. The first-order valence-electron chi connectivity index (χ1n) is 3.99. The molecule has 0 aliphatic carbocycles. The molecule has 0 aromatic rings. The van der Waals surface area contributed by atoms with Gasteiger partial charge in [-0.25, -0.2) is 0 Å². The fraction of sp³-hybridized carbons (Fsp3) is 0.857. The van der Waals surface area contributed by atoms with Gasteiger partial charge in [0.15, 0.2) is 0 Å². The molecule has 72 valence electrons. The molecule has 0 unspecified atom stereocenters. The van der Waals surface area contributed by atoms with Gasteiger partial charge in [-0.3, -0.25) is 4.79 Å². The van der Waals surface area contributed by atoms with Gasteiger partial charge in [-0.05, 0) is 25.9 Å². The molecule has 0 saturated heterocycles. The first-order valence-corrected chi connectivity index (χ1v) is 4.35. The van der Waals surface area contributed by atoms with Gasteiger partial charge in [-0.15, -0.1) is 0 Å². The van der Waals surface area contributed by atoms with E-state index in [1.807, 2.05) is 0 Å². The van der Waals surface area contributed by atoms with E-state index in [9.17, 15) is 4.79 Å². The zero-order valence-electron chi connectivity index (χ0n) is 7.30. The summed E-state index contributed by atoms with van der Waals surface area (Å²) in [5.74, 6) is 0.0854. The lowest BCUT2D eigenvalue weighted by Crippen LogP contribution is -2.23. The predicted octanol–water partition coefficient (Wildman–Crippen LogP) is -0.0364. The SMILES string of the molecule is CNC(=O)CCCNCCOS. The molecule has 0 rings (SSSR count). The Morgan fingerprint density at radius 3 is 2.83 bits per heavy atom. The Kier molecular flexibility index (Phi) is 8.64. The number of amides is 1.